The lowest BCUT2D eigenvalue weighted by atomic mass is 9.78. The summed E-state index contributed by atoms with van der Waals surface area (Å²) in [5, 5.41) is 12.7. The summed E-state index contributed by atoms with van der Waals surface area (Å²) < 4.78 is 0. The van der Waals surface area contributed by atoms with Gasteiger partial charge in [0.05, 0.1) is 6.10 Å². The molecule has 2 nitrogen and oxygen atoms in total. The Kier molecular flexibility index (Phi) is 1.82. The predicted molar refractivity (Wildman–Crippen MR) is 57.6 cm³/mol. The van der Waals surface area contributed by atoms with Gasteiger partial charge in [-0.1, -0.05) is 6.07 Å². The Balaban J connectivity index is 2.05. The molecule has 0 atom stereocenters. The van der Waals surface area contributed by atoms with E-state index in [-0.39, 0.29) is 6.10 Å². The van der Waals surface area contributed by atoms with Gasteiger partial charge in [-0.05, 0) is 35.8 Å². The number of fused-ring (bicyclic) bond motifs is 1. The predicted octanol–water partition coefficient (Wildman–Crippen LogP) is 2.53. The fourth-order valence-electron chi connectivity index (χ4n) is 2.05. The lowest BCUT2D eigenvalue weighted by Crippen LogP contribution is -2.26. The third-order valence-electron chi connectivity index (χ3n) is 2.93. The second-order valence-electron chi connectivity index (χ2n) is 3.87. The number of aliphatic hydroxyl groups excluding tert-OH is 1. The van der Waals surface area contributed by atoms with Crippen molar-refractivity contribution in [1.82, 2.24) is 4.98 Å². The smallest absolute Gasteiger partial charge is 0.123 e. The van der Waals surface area contributed by atoms with Gasteiger partial charge in [0.25, 0.3) is 0 Å². The van der Waals surface area contributed by atoms with Gasteiger partial charge < -0.3 is 5.11 Å². The number of rotatable bonds is 1. The number of hydrogen-bond donors (Lipinski definition) is 1. The second kappa shape index (κ2) is 3.04. The van der Waals surface area contributed by atoms with Crippen LogP contribution in [0.5, 0.6) is 0 Å². The average Bonchev–Trinajstić information content (AvgIpc) is 2.56. The average molecular weight is 205 g/mol. The van der Waals surface area contributed by atoms with Gasteiger partial charge in [-0.15, -0.1) is 11.3 Å². The summed E-state index contributed by atoms with van der Waals surface area (Å²) in [4.78, 5) is 5.43. The van der Waals surface area contributed by atoms with E-state index in [1.165, 1.54) is 10.9 Å². The van der Waals surface area contributed by atoms with Crippen LogP contribution in [0, 0.1) is 0 Å². The van der Waals surface area contributed by atoms with Crippen LogP contribution in [0.15, 0.2) is 23.7 Å². The molecule has 2 aromatic heterocycles. The summed E-state index contributed by atoms with van der Waals surface area (Å²) >= 11 is 1.70. The van der Waals surface area contributed by atoms with Gasteiger partial charge in [-0.3, -0.25) is 0 Å². The molecule has 14 heavy (non-hydrogen) atoms. The first-order chi connectivity index (χ1) is 6.84. The molecular weight excluding hydrogens is 194 g/mol. The molecule has 72 valence electrons. The maximum absolute atomic E-state index is 9.28. The minimum absolute atomic E-state index is 0.0772. The minimum atomic E-state index is -0.0772. The van der Waals surface area contributed by atoms with Crippen LogP contribution >= 0.6 is 11.3 Å². The molecule has 3 rings (SSSR count). The fourth-order valence-corrected chi connectivity index (χ4v) is 3.04. The van der Waals surface area contributed by atoms with Crippen LogP contribution < -0.4 is 0 Å². The first kappa shape index (κ1) is 8.38. The van der Waals surface area contributed by atoms with Crippen LogP contribution in [-0.2, 0) is 0 Å². The molecule has 0 unspecified atom stereocenters. The molecule has 1 aliphatic carbocycles. The van der Waals surface area contributed by atoms with Gasteiger partial charge in [0.1, 0.15) is 4.83 Å². The molecule has 0 radical (unpaired) electrons. The maximum Gasteiger partial charge on any atom is 0.123 e. The van der Waals surface area contributed by atoms with E-state index in [4.69, 9.17) is 0 Å². The molecular formula is C11H11NOS. The van der Waals surface area contributed by atoms with Crippen molar-refractivity contribution in [2.24, 2.45) is 0 Å². The minimum Gasteiger partial charge on any atom is -0.393 e. The Labute approximate surface area is 86.2 Å². The quantitative estimate of drug-likeness (QED) is 0.776. The molecule has 0 saturated heterocycles. The summed E-state index contributed by atoms with van der Waals surface area (Å²) in [5.74, 6) is 0.558. The molecule has 0 aliphatic heterocycles. The molecule has 0 spiro atoms. The summed E-state index contributed by atoms with van der Waals surface area (Å²) in [5.41, 5.74) is 1.38. The number of aromatic nitrogens is 1. The Bertz CT molecular complexity index is 459. The number of hydrogen-bond acceptors (Lipinski definition) is 3. The van der Waals surface area contributed by atoms with Crippen LogP contribution in [0.25, 0.3) is 10.2 Å². The molecule has 2 aromatic rings. The Morgan fingerprint density at radius 3 is 3.07 bits per heavy atom. The number of pyridine rings is 1. The normalized spacial score (nSPS) is 26.4. The van der Waals surface area contributed by atoms with Gasteiger partial charge in [-0.2, -0.15) is 0 Å². The van der Waals surface area contributed by atoms with Gasteiger partial charge in [-0.25, -0.2) is 4.98 Å². The van der Waals surface area contributed by atoms with Crippen molar-refractivity contribution in [2.45, 2.75) is 24.9 Å². The van der Waals surface area contributed by atoms with Crippen molar-refractivity contribution in [3.05, 3.63) is 29.3 Å². The second-order valence-corrected chi connectivity index (χ2v) is 4.73. The third kappa shape index (κ3) is 1.16. The van der Waals surface area contributed by atoms with E-state index in [9.17, 15) is 5.11 Å². The molecule has 1 N–H and O–H groups in total. The van der Waals surface area contributed by atoms with Gasteiger partial charge in [0.15, 0.2) is 0 Å². The van der Waals surface area contributed by atoms with Crippen LogP contribution in [0.1, 0.15) is 24.3 Å². The highest BCUT2D eigenvalue weighted by Gasteiger charge is 2.30. The van der Waals surface area contributed by atoms with Crippen molar-refractivity contribution < 1.29 is 5.11 Å². The van der Waals surface area contributed by atoms with E-state index in [0.717, 1.165) is 17.7 Å². The van der Waals surface area contributed by atoms with Gasteiger partial charge in [0, 0.05) is 11.6 Å². The SMILES string of the molecule is OC1CC(c2csc3ncccc23)C1. The van der Waals surface area contributed by atoms with Crippen molar-refractivity contribution in [3.63, 3.8) is 0 Å². The number of thiophene rings is 1. The van der Waals surface area contributed by atoms with Crippen molar-refractivity contribution in [2.75, 3.05) is 0 Å². The largest absolute Gasteiger partial charge is 0.393 e. The summed E-state index contributed by atoms with van der Waals surface area (Å²) in [6.45, 7) is 0. The van der Waals surface area contributed by atoms with Gasteiger partial charge in [0.2, 0.25) is 0 Å². The first-order valence-corrected chi connectivity index (χ1v) is 5.73. The number of aliphatic hydroxyl groups is 1. The zero-order chi connectivity index (χ0) is 9.54. The van der Waals surface area contributed by atoms with Crippen LogP contribution in [-0.4, -0.2) is 16.2 Å². The Morgan fingerprint density at radius 1 is 1.43 bits per heavy atom. The van der Waals surface area contributed by atoms with E-state index < -0.39 is 0 Å². The molecule has 0 aromatic carbocycles. The highest BCUT2D eigenvalue weighted by atomic mass is 32.1. The summed E-state index contributed by atoms with van der Waals surface area (Å²) in [6, 6.07) is 4.10. The number of nitrogens with zero attached hydrogens (tertiary/aromatic N) is 1. The molecule has 2 heterocycles. The molecule has 0 bridgehead atoms. The monoisotopic (exact) mass is 205 g/mol. The van der Waals surface area contributed by atoms with E-state index in [1.54, 1.807) is 11.3 Å². The van der Waals surface area contributed by atoms with E-state index >= 15 is 0 Å². The van der Waals surface area contributed by atoms with E-state index in [2.05, 4.69) is 16.4 Å². The summed E-state index contributed by atoms with van der Waals surface area (Å²) in [6.07, 6.45) is 3.59. The van der Waals surface area contributed by atoms with Gasteiger partial charge >= 0.3 is 0 Å². The Morgan fingerprint density at radius 2 is 2.29 bits per heavy atom. The fraction of sp³-hybridized carbons (Fsp3) is 0.364. The highest BCUT2D eigenvalue weighted by molar-refractivity contribution is 7.16. The van der Waals surface area contributed by atoms with Crippen LogP contribution in [0.3, 0.4) is 0 Å². The zero-order valence-electron chi connectivity index (χ0n) is 7.68. The van der Waals surface area contributed by atoms with Crippen LogP contribution in [0.4, 0.5) is 0 Å². The lowest BCUT2D eigenvalue weighted by molar-refractivity contribution is 0.0752. The van der Waals surface area contributed by atoms with Crippen molar-refractivity contribution in [3.8, 4) is 0 Å². The van der Waals surface area contributed by atoms with Crippen molar-refractivity contribution >= 4 is 21.6 Å². The third-order valence-corrected chi connectivity index (χ3v) is 3.85. The standard InChI is InChI=1S/C11H11NOS/c13-8-4-7(5-8)10-6-14-11-9(10)2-1-3-12-11/h1-3,6-8,13H,4-5H2. The topological polar surface area (TPSA) is 33.1 Å². The van der Waals surface area contributed by atoms with Crippen LogP contribution in [0.2, 0.25) is 0 Å². The molecule has 1 fully saturated rings. The van der Waals surface area contributed by atoms with E-state index in [1.807, 2.05) is 12.3 Å². The zero-order valence-corrected chi connectivity index (χ0v) is 8.50. The molecule has 3 heteroatoms. The summed E-state index contributed by atoms with van der Waals surface area (Å²) in [7, 11) is 0. The molecule has 1 aliphatic rings. The highest BCUT2D eigenvalue weighted by Crippen LogP contribution is 2.41. The van der Waals surface area contributed by atoms with E-state index in [0.29, 0.717) is 5.92 Å². The molecule has 1 saturated carbocycles. The maximum atomic E-state index is 9.28. The van der Waals surface area contributed by atoms with Crippen molar-refractivity contribution in [1.29, 1.82) is 0 Å². The Hall–Kier alpha value is -0.930. The lowest BCUT2D eigenvalue weighted by Gasteiger charge is -2.31. The molecule has 0 amide bonds. The first-order valence-electron chi connectivity index (χ1n) is 4.85.